The summed E-state index contributed by atoms with van der Waals surface area (Å²) < 4.78 is 28.9. The van der Waals surface area contributed by atoms with Crippen LogP contribution in [0.1, 0.15) is 5.56 Å². The zero-order valence-corrected chi connectivity index (χ0v) is 22.8. The van der Waals surface area contributed by atoms with Crippen LogP contribution in [0.2, 0.25) is 5.02 Å². The highest BCUT2D eigenvalue weighted by Gasteiger charge is 2.34. The summed E-state index contributed by atoms with van der Waals surface area (Å²) in [5, 5.41) is 13.4. The molecule has 0 atom stereocenters. The Balaban J connectivity index is 1.97. The number of halogens is 3. The molecule has 2 aromatic carbocycles. The molecule has 0 saturated carbocycles. The van der Waals surface area contributed by atoms with Gasteiger partial charge in [-0.15, -0.1) is 0 Å². The molecule has 1 heterocycles. The molecular weight excluding hydrogens is 600 g/mol. The van der Waals surface area contributed by atoms with Gasteiger partial charge in [-0.05, 0) is 30.7 Å². The molecule has 0 aromatic heterocycles. The van der Waals surface area contributed by atoms with Crippen molar-refractivity contribution in [2.24, 2.45) is 0 Å². The number of aryl methyl sites for hydroxylation is 1. The Hall–Kier alpha value is -1.40. The molecule has 8 nitrogen and oxygen atoms in total. The lowest BCUT2D eigenvalue weighted by molar-refractivity contribution is -0.385. The maximum Gasteiger partial charge on any atom is 0.271 e. The van der Waals surface area contributed by atoms with Crippen molar-refractivity contribution in [3.05, 3.63) is 57.1 Å². The molecule has 3 rings (SSSR count). The first-order chi connectivity index (χ1) is 15.7. The van der Waals surface area contributed by atoms with Crippen molar-refractivity contribution in [1.29, 1.82) is 0 Å². The highest BCUT2D eigenvalue weighted by molar-refractivity contribution is 9.09. The number of piperazine rings is 1. The predicted molar refractivity (Wildman–Crippen MR) is 140 cm³/mol. The molecule has 0 unspecified atom stereocenters. The second-order valence-electron chi connectivity index (χ2n) is 7.60. The Labute approximate surface area is 215 Å². The highest BCUT2D eigenvalue weighted by atomic mass is 79.9. The van der Waals surface area contributed by atoms with Crippen LogP contribution in [0.25, 0.3) is 0 Å². The van der Waals surface area contributed by atoms with Crippen molar-refractivity contribution in [3.8, 4) is 0 Å². The van der Waals surface area contributed by atoms with Gasteiger partial charge in [-0.1, -0.05) is 49.5 Å². The molecule has 33 heavy (non-hydrogen) atoms. The van der Waals surface area contributed by atoms with E-state index in [0.717, 1.165) is 5.69 Å². The zero-order valence-electron chi connectivity index (χ0n) is 18.1. The first-order valence-corrected chi connectivity index (χ1v) is 14.4. The summed E-state index contributed by atoms with van der Waals surface area (Å²) in [4.78, 5) is 15.0. The Morgan fingerprint density at radius 2 is 1.73 bits per heavy atom. The molecule has 1 aliphatic heterocycles. The normalized spacial score (nSPS) is 15.0. The molecule has 1 fully saturated rings. The van der Waals surface area contributed by atoms with Crippen LogP contribution in [-0.2, 0) is 10.0 Å². The fourth-order valence-corrected chi connectivity index (χ4v) is 6.74. The molecule has 2 aromatic rings. The zero-order chi connectivity index (χ0) is 24.2. The predicted octanol–water partition coefficient (Wildman–Crippen LogP) is 4.66. The molecule has 0 radical (unpaired) electrons. The van der Waals surface area contributed by atoms with E-state index in [9.17, 15) is 18.5 Å². The number of rotatable bonds is 9. The smallest absolute Gasteiger partial charge is 0.271 e. The van der Waals surface area contributed by atoms with Gasteiger partial charge >= 0.3 is 0 Å². The SMILES string of the molecule is Cc1cc([N+](=O)[O-])cc(S(=O)(=O)N2CCN(c3cccc(Cl)c3)CC2)c1N(CCBr)CCBr. The largest absolute Gasteiger partial charge is 0.369 e. The lowest BCUT2D eigenvalue weighted by atomic mass is 10.1. The minimum Gasteiger partial charge on any atom is -0.369 e. The number of benzene rings is 2. The van der Waals surface area contributed by atoms with Crippen molar-refractivity contribution in [3.63, 3.8) is 0 Å². The van der Waals surface area contributed by atoms with Crippen LogP contribution in [0.5, 0.6) is 0 Å². The van der Waals surface area contributed by atoms with Gasteiger partial charge in [0.15, 0.2) is 0 Å². The molecule has 1 saturated heterocycles. The topological polar surface area (TPSA) is 87.0 Å². The van der Waals surface area contributed by atoms with Gasteiger partial charge in [0.25, 0.3) is 5.69 Å². The van der Waals surface area contributed by atoms with Gasteiger partial charge in [-0.3, -0.25) is 10.1 Å². The molecule has 1 aliphatic rings. The second-order valence-corrected chi connectivity index (χ2v) is 11.5. The molecule has 0 N–H and O–H groups in total. The van der Waals surface area contributed by atoms with Gasteiger partial charge in [0, 0.05) is 72.8 Å². The number of nitrogens with zero attached hydrogens (tertiary/aromatic N) is 4. The van der Waals surface area contributed by atoms with Crippen LogP contribution in [0, 0.1) is 17.0 Å². The summed E-state index contributed by atoms with van der Waals surface area (Å²) in [5.41, 5.74) is 1.77. The van der Waals surface area contributed by atoms with Crippen LogP contribution in [0.15, 0.2) is 41.3 Å². The first-order valence-electron chi connectivity index (χ1n) is 10.4. The fourth-order valence-electron chi connectivity index (χ4n) is 3.97. The number of sulfonamides is 1. The van der Waals surface area contributed by atoms with E-state index in [1.54, 1.807) is 13.0 Å². The van der Waals surface area contributed by atoms with Crippen LogP contribution in [-0.4, -0.2) is 67.6 Å². The number of alkyl halides is 2. The average molecular weight is 625 g/mol. The highest BCUT2D eigenvalue weighted by Crippen LogP contribution is 2.36. The van der Waals surface area contributed by atoms with E-state index in [2.05, 4.69) is 36.8 Å². The summed E-state index contributed by atoms with van der Waals surface area (Å²) >= 11 is 12.9. The van der Waals surface area contributed by atoms with E-state index in [0.29, 0.717) is 53.1 Å². The minimum absolute atomic E-state index is 0.0210. The standard InChI is InChI=1S/C21H25Br2ClN4O4S/c1-16-13-19(28(29)30)15-20(21(16)26(7-5-22)8-6-23)33(31,32)27-11-9-25(10-12-27)18-4-2-3-17(24)14-18/h2-4,13-15H,5-12H2,1H3. The summed E-state index contributed by atoms with van der Waals surface area (Å²) in [5.74, 6) is 0. The number of hydrogen-bond acceptors (Lipinski definition) is 6. The summed E-state index contributed by atoms with van der Waals surface area (Å²) in [6, 6.07) is 10.1. The third kappa shape index (κ3) is 6.00. The van der Waals surface area contributed by atoms with Crippen LogP contribution < -0.4 is 9.80 Å². The summed E-state index contributed by atoms with van der Waals surface area (Å²) in [6.45, 7) is 4.38. The number of nitro groups is 1. The van der Waals surface area contributed by atoms with Crippen molar-refractivity contribution in [1.82, 2.24) is 4.31 Å². The van der Waals surface area contributed by atoms with Gasteiger partial charge in [0.2, 0.25) is 10.0 Å². The van der Waals surface area contributed by atoms with Crippen LogP contribution in [0.4, 0.5) is 17.1 Å². The molecule has 0 bridgehead atoms. The van der Waals surface area contributed by atoms with Crippen molar-refractivity contribution < 1.29 is 13.3 Å². The molecule has 12 heteroatoms. The second kappa shape index (κ2) is 11.4. The van der Waals surface area contributed by atoms with Crippen molar-refractivity contribution in [2.45, 2.75) is 11.8 Å². The molecule has 0 aliphatic carbocycles. The quantitative estimate of drug-likeness (QED) is 0.229. The number of non-ortho nitro benzene ring substituents is 1. The van der Waals surface area contributed by atoms with Gasteiger partial charge in [0.1, 0.15) is 4.90 Å². The van der Waals surface area contributed by atoms with E-state index in [4.69, 9.17) is 11.6 Å². The Morgan fingerprint density at radius 1 is 1.09 bits per heavy atom. The lowest BCUT2D eigenvalue weighted by Crippen LogP contribution is -2.49. The Bertz CT molecular complexity index is 1110. The summed E-state index contributed by atoms with van der Waals surface area (Å²) in [6.07, 6.45) is 0. The van der Waals surface area contributed by atoms with Gasteiger partial charge in [-0.25, -0.2) is 8.42 Å². The third-order valence-corrected chi connectivity index (χ3v) is 8.37. The minimum atomic E-state index is -3.96. The monoisotopic (exact) mass is 622 g/mol. The molecular formula is C21H25Br2ClN4O4S. The Morgan fingerprint density at radius 3 is 2.27 bits per heavy atom. The third-order valence-electron chi connectivity index (χ3n) is 5.52. The van der Waals surface area contributed by atoms with E-state index in [1.807, 2.05) is 23.1 Å². The Kier molecular flexibility index (Phi) is 9.02. The van der Waals surface area contributed by atoms with E-state index in [1.165, 1.54) is 16.4 Å². The van der Waals surface area contributed by atoms with Gasteiger partial charge in [0.05, 0.1) is 10.6 Å². The maximum absolute atomic E-state index is 13.8. The van der Waals surface area contributed by atoms with Crippen LogP contribution >= 0.6 is 43.5 Å². The number of hydrogen-bond donors (Lipinski definition) is 0. The number of nitro benzene ring substituents is 1. The van der Waals surface area contributed by atoms with E-state index >= 15 is 0 Å². The van der Waals surface area contributed by atoms with Crippen molar-refractivity contribution in [2.75, 3.05) is 59.7 Å². The van der Waals surface area contributed by atoms with Crippen LogP contribution in [0.3, 0.4) is 0 Å². The first kappa shape index (κ1) is 26.2. The average Bonchev–Trinajstić information content (AvgIpc) is 2.78. The van der Waals surface area contributed by atoms with E-state index < -0.39 is 14.9 Å². The van der Waals surface area contributed by atoms with E-state index in [-0.39, 0.29) is 23.7 Å². The number of anilines is 2. The van der Waals surface area contributed by atoms with Gasteiger partial charge in [-0.2, -0.15) is 4.31 Å². The molecule has 0 spiro atoms. The van der Waals surface area contributed by atoms with Gasteiger partial charge < -0.3 is 9.80 Å². The summed E-state index contributed by atoms with van der Waals surface area (Å²) in [7, 11) is -3.96. The molecule has 180 valence electrons. The fraction of sp³-hybridized carbons (Fsp3) is 0.429. The molecule has 0 amide bonds. The lowest BCUT2D eigenvalue weighted by Gasteiger charge is -2.36. The van der Waals surface area contributed by atoms with Crippen molar-refractivity contribution >= 4 is 70.5 Å². The maximum atomic E-state index is 13.8.